The second kappa shape index (κ2) is 9.45. The van der Waals surface area contributed by atoms with Gasteiger partial charge in [0.1, 0.15) is 5.83 Å². The Balaban J connectivity index is 1.97. The molecule has 1 aliphatic heterocycles. The summed E-state index contributed by atoms with van der Waals surface area (Å²) >= 11 is 0. The van der Waals surface area contributed by atoms with E-state index < -0.39 is 0 Å². The summed E-state index contributed by atoms with van der Waals surface area (Å²) in [5.74, 6) is -0.427. The number of nitrogens with two attached hydrogens (primary N) is 1. The minimum absolute atomic E-state index is 0.0989. The van der Waals surface area contributed by atoms with Crippen molar-refractivity contribution in [2.45, 2.75) is 38.1 Å². The number of carbonyl (C=O) groups excluding carboxylic acids is 1. The van der Waals surface area contributed by atoms with Crippen molar-refractivity contribution in [3.8, 4) is 6.07 Å². The van der Waals surface area contributed by atoms with Gasteiger partial charge in [0.15, 0.2) is 0 Å². The summed E-state index contributed by atoms with van der Waals surface area (Å²) < 4.78 is 14.1. The van der Waals surface area contributed by atoms with E-state index in [4.69, 9.17) is 5.73 Å². The van der Waals surface area contributed by atoms with Crippen molar-refractivity contribution in [1.29, 1.82) is 5.26 Å². The predicted molar refractivity (Wildman–Crippen MR) is 118 cm³/mol. The molecule has 1 unspecified atom stereocenters. The van der Waals surface area contributed by atoms with E-state index in [9.17, 15) is 14.4 Å². The summed E-state index contributed by atoms with van der Waals surface area (Å²) in [6.45, 7) is 6.81. The Morgan fingerprint density at radius 3 is 2.73 bits per heavy atom. The maximum Gasteiger partial charge on any atom is 0.219 e. The maximum absolute atomic E-state index is 14.1. The molecule has 0 radical (unpaired) electrons. The van der Waals surface area contributed by atoms with E-state index in [1.807, 2.05) is 29.2 Å². The SMILES string of the molecule is C=C/C=c1/cc(C2C=C(C#N)C=C(F)C2)cc(NC2CCN(C(C)=O)CC2)/c1=C/N. The highest BCUT2D eigenvalue weighted by molar-refractivity contribution is 5.73. The number of nitrogens with zero attached hydrogens (tertiary/aromatic N) is 2. The average molecular weight is 407 g/mol. The van der Waals surface area contributed by atoms with E-state index in [0.717, 1.165) is 34.5 Å². The molecule has 156 valence electrons. The highest BCUT2D eigenvalue weighted by atomic mass is 19.1. The Morgan fingerprint density at radius 1 is 1.40 bits per heavy atom. The second-order valence-electron chi connectivity index (χ2n) is 7.70. The van der Waals surface area contributed by atoms with E-state index >= 15 is 0 Å². The summed E-state index contributed by atoms with van der Waals surface area (Å²) in [4.78, 5) is 13.4. The standard InChI is InChI=1S/C24H27FN4O/c1-3-4-18-11-20(19-9-17(14-26)10-21(25)12-19)13-24(23(18)15-27)28-22-5-7-29(8-6-22)16(2)30/h3-4,9-11,13,15,19,22,28H,1,5-8,12,27H2,2H3/b18-4-,23-15+. The van der Waals surface area contributed by atoms with Gasteiger partial charge in [-0.1, -0.05) is 30.9 Å². The van der Waals surface area contributed by atoms with E-state index in [2.05, 4.69) is 11.9 Å². The van der Waals surface area contributed by atoms with Gasteiger partial charge in [-0.3, -0.25) is 4.79 Å². The quantitative estimate of drug-likeness (QED) is 0.805. The first kappa shape index (κ1) is 21.4. The van der Waals surface area contributed by atoms with Crippen molar-refractivity contribution in [3.63, 3.8) is 0 Å². The third-order valence-electron chi connectivity index (χ3n) is 5.66. The van der Waals surface area contributed by atoms with Crippen LogP contribution >= 0.6 is 0 Å². The monoisotopic (exact) mass is 406 g/mol. The van der Waals surface area contributed by atoms with Crippen LogP contribution in [0.15, 0.2) is 48.3 Å². The minimum Gasteiger partial charge on any atom is -0.404 e. The number of nitriles is 1. The number of piperidine rings is 1. The number of carbonyl (C=O) groups is 1. The molecule has 1 saturated heterocycles. The Hall–Kier alpha value is -3.33. The molecule has 2 aliphatic rings. The van der Waals surface area contributed by atoms with Crippen LogP contribution in [0.1, 0.15) is 37.7 Å². The zero-order valence-electron chi connectivity index (χ0n) is 17.2. The molecule has 3 rings (SSSR count). The van der Waals surface area contributed by atoms with Crippen LogP contribution < -0.4 is 21.5 Å². The first-order valence-corrected chi connectivity index (χ1v) is 10.1. The third-order valence-corrected chi connectivity index (χ3v) is 5.66. The largest absolute Gasteiger partial charge is 0.404 e. The van der Waals surface area contributed by atoms with Crippen molar-refractivity contribution >= 4 is 23.9 Å². The lowest BCUT2D eigenvalue weighted by atomic mass is 9.88. The van der Waals surface area contributed by atoms with Crippen molar-refractivity contribution < 1.29 is 9.18 Å². The first-order chi connectivity index (χ1) is 14.4. The Bertz CT molecular complexity index is 1060. The number of benzene rings is 1. The smallest absolute Gasteiger partial charge is 0.219 e. The molecule has 30 heavy (non-hydrogen) atoms. The molecule has 0 bridgehead atoms. The second-order valence-corrected chi connectivity index (χ2v) is 7.70. The first-order valence-electron chi connectivity index (χ1n) is 10.1. The lowest BCUT2D eigenvalue weighted by Gasteiger charge is -2.32. The van der Waals surface area contributed by atoms with Crippen LogP contribution in [-0.4, -0.2) is 29.9 Å². The molecule has 6 heteroatoms. The van der Waals surface area contributed by atoms with Gasteiger partial charge in [0.05, 0.1) is 11.6 Å². The fraction of sp³-hybridized carbons (Fsp3) is 0.333. The zero-order chi connectivity index (χ0) is 21.7. The fourth-order valence-electron chi connectivity index (χ4n) is 4.09. The van der Waals surface area contributed by atoms with Crippen molar-refractivity contribution in [3.05, 3.63) is 64.3 Å². The van der Waals surface area contributed by atoms with E-state index in [1.54, 1.807) is 25.3 Å². The summed E-state index contributed by atoms with van der Waals surface area (Å²) in [5.41, 5.74) is 8.06. The van der Waals surface area contributed by atoms with Crippen molar-refractivity contribution in [1.82, 2.24) is 4.90 Å². The molecule has 5 nitrogen and oxygen atoms in total. The average Bonchev–Trinajstić information content (AvgIpc) is 2.73. The molecule has 1 atom stereocenters. The highest BCUT2D eigenvalue weighted by Crippen LogP contribution is 2.31. The lowest BCUT2D eigenvalue weighted by Crippen LogP contribution is -2.42. The van der Waals surface area contributed by atoms with Gasteiger partial charge in [0.2, 0.25) is 5.91 Å². The number of rotatable bonds is 4. The molecule has 0 aromatic heterocycles. The predicted octanol–water partition coefficient (Wildman–Crippen LogP) is 2.56. The zero-order valence-corrected chi connectivity index (χ0v) is 17.2. The highest BCUT2D eigenvalue weighted by Gasteiger charge is 2.22. The van der Waals surface area contributed by atoms with E-state index in [1.165, 1.54) is 6.08 Å². The van der Waals surface area contributed by atoms with Gasteiger partial charge < -0.3 is 16.0 Å². The Labute approximate surface area is 176 Å². The fourth-order valence-corrected chi connectivity index (χ4v) is 4.09. The molecular formula is C24H27FN4O. The number of halogens is 1. The molecule has 0 saturated carbocycles. The number of amides is 1. The maximum atomic E-state index is 14.1. The van der Waals surface area contributed by atoms with Gasteiger partial charge in [0.25, 0.3) is 0 Å². The van der Waals surface area contributed by atoms with Gasteiger partial charge in [-0.05, 0) is 35.8 Å². The van der Waals surface area contributed by atoms with Gasteiger partial charge >= 0.3 is 0 Å². The lowest BCUT2D eigenvalue weighted by molar-refractivity contribution is -0.129. The van der Waals surface area contributed by atoms with Gasteiger partial charge in [-0.25, -0.2) is 4.39 Å². The molecule has 3 N–H and O–H groups in total. The summed E-state index contributed by atoms with van der Waals surface area (Å²) in [7, 11) is 0. The molecule has 0 spiro atoms. The molecule has 1 aliphatic carbocycles. The number of hydrogen-bond acceptors (Lipinski definition) is 4. The number of anilines is 1. The Kier molecular flexibility index (Phi) is 6.73. The van der Waals surface area contributed by atoms with Crippen molar-refractivity contribution in [2.24, 2.45) is 5.73 Å². The topological polar surface area (TPSA) is 82.2 Å². The van der Waals surface area contributed by atoms with Crippen LogP contribution in [-0.2, 0) is 4.79 Å². The summed E-state index contributed by atoms with van der Waals surface area (Å²) in [6, 6.07) is 6.21. The van der Waals surface area contributed by atoms with Crippen LogP contribution in [0.4, 0.5) is 10.1 Å². The summed E-state index contributed by atoms with van der Waals surface area (Å²) in [6.07, 6.45) is 10.1. The number of nitrogens with one attached hydrogen (secondary N) is 1. The van der Waals surface area contributed by atoms with Crippen LogP contribution in [0.25, 0.3) is 12.3 Å². The number of hydrogen-bond donors (Lipinski definition) is 2. The van der Waals surface area contributed by atoms with Gasteiger partial charge in [-0.15, -0.1) is 0 Å². The van der Waals surface area contributed by atoms with Crippen molar-refractivity contribution in [2.75, 3.05) is 18.4 Å². The van der Waals surface area contributed by atoms with E-state index in [0.29, 0.717) is 18.7 Å². The molecule has 1 fully saturated rings. The van der Waals surface area contributed by atoms with E-state index in [-0.39, 0.29) is 30.1 Å². The Morgan fingerprint density at radius 2 is 2.13 bits per heavy atom. The van der Waals surface area contributed by atoms with Crippen LogP contribution in [0.5, 0.6) is 0 Å². The van der Waals surface area contributed by atoms with Gasteiger partial charge in [-0.2, -0.15) is 5.26 Å². The molecular weight excluding hydrogens is 379 g/mol. The molecule has 1 amide bonds. The third kappa shape index (κ3) is 4.80. The number of allylic oxidation sites excluding steroid dienone is 5. The van der Waals surface area contributed by atoms with Crippen LogP contribution in [0, 0.1) is 11.3 Å². The van der Waals surface area contributed by atoms with Crippen LogP contribution in [0.3, 0.4) is 0 Å². The summed E-state index contributed by atoms with van der Waals surface area (Å²) in [5, 5.41) is 14.5. The molecule has 1 aromatic carbocycles. The molecule has 1 aromatic rings. The molecule has 1 heterocycles. The van der Waals surface area contributed by atoms with Crippen LogP contribution in [0.2, 0.25) is 0 Å². The number of likely N-dealkylation sites (tertiary alicyclic amines) is 1. The van der Waals surface area contributed by atoms with Gasteiger partial charge in [0, 0.05) is 55.5 Å². The minimum atomic E-state index is -0.297. The normalized spacial score (nSPS) is 21.0.